The summed E-state index contributed by atoms with van der Waals surface area (Å²) in [6.45, 7) is 1.75. The SMILES string of the molecule is CC(O)CCN(C)S(=O)(=O)c1c(Cl)cc(N)cc1Cl. The Morgan fingerprint density at radius 3 is 2.26 bits per heavy atom. The van der Waals surface area contributed by atoms with Crippen molar-refractivity contribution in [3.05, 3.63) is 22.2 Å². The lowest BCUT2D eigenvalue weighted by Crippen LogP contribution is -2.30. The topological polar surface area (TPSA) is 83.6 Å². The highest BCUT2D eigenvalue weighted by molar-refractivity contribution is 7.89. The van der Waals surface area contributed by atoms with Crippen molar-refractivity contribution in [2.24, 2.45) is 0 Å². The van der Waals surface area contributed by atoms with Gasteiger partial charge in [-0.15, -0.1) is 0 Å². The van der Waals surface area contributed by atoms with E-state index in [4.69, 9.17) is 28.9 Å². The molecule has 0 saturated carbocycles. The number of hydrogen-bond donors (Lipinski definition) is 2. The van der Waals surface area contributed by atoms with Crippen LogP contribution in [0.1, 0.15) is 13.3 Å². The van der Waals surface area contributed by atoms with Crippen LogP contribution >= 0.6 is 23.2 Å². The van der Waals surface area contributed by atoms with Crippen LogP contribution in [0.3, 0.4) is 0 Å². The van der Waals surface area contributed by atoms with E-state index < -0.39 is 16.1 Å². The molecule has 1 aromatic carbocycles. The fourth-order valence-corrected chi connectivity index (χ4v) is 3.83. The van der Waals surface area contributed by atoms with Gasteiger partial charge in [0.1, 0.15) is 4.90 Å². The molecule has 0 radical (unpaired) electrons. The molecule has 19 heavy (non-hydrogen) atoms. The summed E-state index contributed by atoms with van der Waals surface area (Å²) in [4.78, 5) is -0.168. The Bertz CT molecular complexity index is 538. The third-order valence-corrected chi connectivity index (χ3v) is 5.33. The van der Waals surface area contributed by atoms with E-state index in [9.17, 15) is 13.5 Å². The minimum absolute atomic E-state index is 0.0195. The second-order valence-electron chi connectivity index (χ2n) is 4.28. The number of rotatable bonds is 5. The molecular formula is C11H16Cl2N2O3S. The molecule has 3 N–H and O–H groups in total. The average molecular weight is 327 g/mol. The monoisotopic (exact) mass is 326 g/mol. The van der Waals surface area contributed by atoms with Crippen LogP contribution in [0, 0.1) is 0 Å². The van der Waals surface area contributed by atoms with Crippen molar-refractivity contribution in [1.29, 1.82) is 0 Å². The Morgan fingerprint density at radius 2 is 1.84 bits per heavy atom. The maximum Gasteiger partial charge on any atom is 0.245 e. The van der Waals surface area contributed by atoms with Gasteiger partial charge in [-0.1, -0.05) is 23.2 Å². The number of anilines is 1. The lowest BCUT2D eigenvalue weighted by atomic mass is 10.3. The second kappa shape index (κ2) is 6.28. The van der Waals surface area contributed by atoms with Gasteiger partial charge in [-0.2, -0.15) is 0 Å². The minimum Gasteiger partial charge on any atom is -0.399 e. The summed E-state index contributed by atoms with van der Waals surface area (Å²) in [7, 11) is -2.41. The van der Waals surface area contributed by atoms with Crippen molar-refractivity contribution in [3.8, 4) is 0 Å². The number of aliphatic hydroxyl groups is 1. The first-order valence-corrected chi connectivity index (χ1v) is 7.74. The maximum absolute atomic E-state index is 12.3. The molecule has 5 nitrogen and oxygen atoms in total. The predicted octanol–water partition coefficient (Wildman–Crippen LogP) is 1.97. The number of benzene rings is 1. The molecule has 0 aliphatic heterocycles. The zero-order valence-electron chi connectivity index (χ0n) is 10.6. The van der Waals surface area contributed by atoms with Gasteiger partial charge in [0.25, 0.3) is 0 Å². The molecule has 0 fully saturated rings. The first-order chi connectivity index (χ1) is 8.66. The molecule has 0 bridgehead atoms. The highest BCUT2D eigenvalue weighted by atomic mass is 35.5. The number of halogens is 2. The van der Waals surface area contributed by atoms with Gasteiger partial charge in [0.15, 0.2) is 0 Å². The smallest absolute Gasteiger partial charge is 0.245 e. The van der Waals surface area contributed by atoms with Gasteiger partial charge in [0.05, 0.1) is 16.1 Å². The number of hydrogen-bond acceptors (Lipinski definition) is 4. The van der Waals surface area contributed by atoms with E-state index >= 15 is 0 Å². The van der Waals surface area contributed by atoms with E-state index in [2.05, 4.69) is 0 Å². The molecule has 0 saturated heterocycles. The van der Waals surface area contributed by atoms with Crippen molar-refractivity contribution in [2.75, 3.05) is 19.3 Å². The largest absolute Gasteiger partial charge is 0.399 e. The third-order valence-electron chi connectivity index (χ3n) is 2.55. The number of nitrogens with zero attached hydrogens (tertiary/aromatic N) is 1. The first kappa shape index (κ1) is 16.5. The highest BCUT2D eigenvalue weighted by Gasteiger charge is 2.26. The third kappa shape index (κ3) is 3.97. The highest BCUT2D eigenvalue weighted by Crippen LogP contribution is 2.33. The van der Waals surface area contributed by atoms with E-state index in [1.165, 1.54) is 19.2 Å². The molecule has 1 unspecified atom stereocenters. The van der Waals surface area contributed by atoms with E-state index in [0.717, 1.165) is 4.31 Å². The number of nitrogens with two attached hydrogens (primary N) is 1. The molecule has 8 heteroatoms. The zero-order valence-corrected chi connectivity index (χ0v) is 12.9. The molecule has 0 aromatic heterocycles. The van der Waals surface area contributed by atoms with E-state index in [1.54, 1.807) is 6.92 Å². The molecular weight excluding hydrogens is 311 g/mol. The van der Waals surface area contributed by atoms with Gasteiger partial charge in [0.2, 0.25) is 10.0 Å². The van der Waals surface area contributed by atoms with Crippen LogP contribution in [0.15, 0.2) is 17.0 Å². The van der Waals surface area contributed by atoms with Gasteiger partial charge in [0, 0.05) is 19.3 Å². The standard InChI is InChI=1S/C11H16Cl2N2O3S/c1-7(16)3-4-15(2)19(17,18)11-9(12)5-8(14)6-10(11)13/h5-7,16H,3-4,14H2,1-2H3. The van der Waals surface area contributed by atoms with E-state index in [0.29, 0.717) is 12.1 Å². The molecule has 1 aromatic rings. The molecule has 1 rings (SSSR count). The maximum atomic E-state index is 12.3. The van der Waals surface area contributed by atoms with E-state index in [-0.39, 0.29) is 21.5 Å². The molecule has 0 aliphatic rings. The van der Waals surface area contributed by atoms with Crippen LogP contribution in [-0.4, -0.2) is 37.5 Å². The van der Waals surface area contributed by atoms with Crippen molar-refractivity contribution in [1.82, 2.24) is 4.31 Å². The molecule has 0 aliphatic carbocycles. The summed E-state index contributed by atoms with van der Waals surface area (Å²) in [5.41, 5.74) is 5.83. The summed E-state index contributed by atoms with van der Waals surface area (Å²) in [6, 6.07) is 2.67. The van der Waals surface area contributed by atoms with Crippen LogP contribution in [0.25, 0.3) is 0 Å². The Morgan fingerprint density at radius 1 is 1.37 bits per heavy atom. The lowest BCUT2D eigenvalue weighted by Gasteiger charge is -2.19. The summed E-state index contributed by atoms with van der Waals surface area (Å²) in [5, 5.41) is 9.15. The van der Waals surface area contributed by atoms with Crippen molar-refractivity contribution < 1.29 is 13.5 Å². The fourth-order valence-electron chi connectivity index (χ4n) is 1.47. The van der Waals surface area contributed by atoms with Gasteiger partial charge >= 0.3 is 0 Å². The molecule has 0 spiro atoms. The van der Waals surface area contributed by atoms with Crippen molar-refractivity contribution >= 4 is 38.9 Å². The summed E-state index contributed by atoms with van der Waals surface area (Å²) < 4.78 is 25.8. The average Bonchev–Trinajstić information content (AvgIpc) is 2.23. The zero-order chi connectivity index (χ0) is 14.8. The summed E-state index contributed by atoms with van der Waals surface area (Å²) in [5.74, 6) is 0. The number of sulfonamides is 1. The molecule has 0 heterocycles. The molecule has 0 amide bonds. The molecule has 108 valence electrons. The normalized spacial score (nSPS) is 13.8. The first-order valence-electron chi connectivity index (χ1n) is 5.55. The van der Waals surface area contributed by atoms with Gasteiger partial charge in [-0.3, -0.25) is 0 Å². The fraction of sp³-hybridized carbons (Fsp3) is 0.455. The van der Waals surface area contributed by atoms with Crippen molar-refractivity contribution in [3.63, 3.8) is 0 Å². The number of nitrogen functional groups attached to an aromatic ring is 1. The summed E-state index contributed by atoms with van der Waals surface area (Å²) >= 11 is 11.8. The Hall–Kier alpha value is -0.530. The van der Waals surface area contributed by atoms with Gasteiger partial charge in [-0.25, -0.2) is 12.7 Å². The Labute approximate surface area is 123 Å². The van der Waals surface area contributed by atoms with Crippen LogP contribution in [0.2, 0.25) is 10.0 Å². The quantitative estimate of drug-likeness (QED) is 0.810. The lowest BCUT2D eigenvalue weighted by molar-refractivity contribution is 0.177. The van der Waals surface area contributed by atoms with Crippen LogP contribution in [0.4, 0.5) is 5.69 Å². The summed E-state index contributed by atoms with van der Waals surface area (Å²) in [6.07, 6.45) is -0.269. The second-order valence-corrected chi connectivity index (χ2v) is 7.07. The Kier molecular flexibility index (Phi) is 5.46. The van der Waals surface area contributed by atoms with Gasteiger partial charge < -0.3 is 10.8 Å². The van der Waals surface area contributed by atoms with Crippen LogP contribution in [-0.2, 0) is 10.0 Å². The minimum atomic E-state index is -3.81. The van der Waals surface area contributed by atoms with Crippen molar-refractivity contribution in [2.45, 2.75) is 24.3 Å². The van der Waals surface area contributed by atoms with Crippen LogP contribution < -0.4 is 5.73 Å². The predicted molar refractivity (Wildman–Crippen MR) is 77.0 cm³/mol. The van der Waals surface area contributed by atoms with E-state index in [1.807, 2.05) is 0 Å². The van der Waals surface area contributed by atoms with Crippen LogP contribution in [0.5, 0.6) is 0 Å². The number of aliphatic hydroxyl groups excluding tert-OH is 1. The molecule has 1 atom stereocenters. The Balaban J connectivity index is 3.14. The van der Waals surface area contributed by atoms with Gasteiger partial charge in [-0.05, 0) is 25.5 Å².